The van der Waals surface area contributed by atoms with Gasteiger partial charge in [-0.1, -0.05) is 303 Å². The second-order valence-corrected chi connectivity index (χ2v) is 32.3. The van der Waals surface area contributed by atoms with Crippen molar-refractivity contribution >= 4 is 142 Å². The number of aromatic nitrogens is 12. The molecule has 130 heavy (non-hydrogen) atoms. The van der Waals surface area contributed by atoms with Crippen molar-refractivity contribution < 1.29 is 13.3 Å². The number of benzene rings is 18. The van der Waals surface area contributed by atoms with E-state index in [1.165, 1.54) is 10.9 Å². The molecule has 0 radical (unpaired) electrons. The molecule has 27 aromatic rings. The molecule has 15 nitrogen and oxygen atoms in total. The lowest BCUT2D eigenvalue weighted by atomic mass is 10.0. The number of furan rings is 3. The third kappa shape index (κ3) is 13.1. The zero-order valence-electron chi connectivity index (χ0n) is 69.5. The van der Waals surface area contributed by atoms with Gasteiger partial charge in [0.2, 0.25) is 17.8 Å². The average molecular weight is 1670 g/mol. The Bertz CT molecular complexity index is 9010. The summed E-state index contributed by atoms with van der Waals surface area (Å²) in [5.41, 5.74) is 21.4. The summed E-state index contributed by atoms with van der Waals surface area (Å²) in [5, 5.41) is 15.6. The Kier molecular flexibility index (Phi) is 17.8. The molecule has 0 amide bonds. The molecule has 0 spiro atoms. The topological polar surface area (TPSA) is 170 Å². The van der Waals surface area contributed by atoms with Crippen molar-refractivity contribution in [2.24, 2.45) is 0 Å². The molecule has 0 N–H and O–H groups in total. The molecule has 608 valence electrons. The number of nitrogens with zero attached hydrogens (tertiary/aromatic N) is 12. The fraction of sp³-hybridized carbons (Fsp3) is 0. The predicted molar refractivity (Wildman–Crippen MR) is 525 cm³/mol. The monoisotopic (exact) mass is 1670 g/mol. The summed E-state index contributed by atoms with van der Waals surface area (Å²) in [6.07, 6.45) is 0. The van der Waals surface area contributed by atoms with Gasteiger partial charge >= 0.3 is 0 Å². The minimum Gasteiger partial charge on any atom is -0.456 e. The van der Waals surface area contributed by atoms with Gasteiger partial charge in [0.1, 0.15) is 33.5 Å². The van der Waals surface area contributed by atoms with E-state index in [9.17, 15) is 0 Å². The van der Waals surface area contributed by atoms with Crippen molar-refractivity contribution in [2.75, 3.05) is 0 Å². The summed E-state index contributed by atoms with van der Waals surface area (Å²) in [6, 6.07) is 145. The van der Waals surface area contributed by atoms with E-state index in [-0.39, 0.29) is 0 Å². The van der Waals surface area contributed by atoms with E-state index in [1.807, 2.05) is 103 Å². The van der Waals surface area contributed by atoms with Crippen LogP contribution < -0.4 is 0 Å². The first-order valence-corrected chi connectivity index (χ1v) is 43.2. The number of fused-ring (bicyclic) bond motifs is 19. The SMILES string of the molecule is c1ccc(-c2ccc(-c3nc(-c4ccc5oc6ccccc6c5c4)nc(-n4c5ccccc5c5ccccc54)n3)cc2)cc1.c1ccc(-c2cccc(-c3nc(-c4ccc5oc6ccccc6c5c4)nc(-n4c5ccccc5c5ccccc54)n3)c2)cc1.c1ccc2cc(-c3nc(-c4ccc5oc6ccccc6c5c4)nc(-n4c5ccccc5c5ccccc54)n3)ccc2c1. The first-order valence-electron chi connectivity index (χ1n) is 43.2. The minimum atomic E-state index is 0.574. The van der Waals surface area contributed by atoms with Crippen molar-refractivity contribution in [1.29, 1.82) is 0 Å². The summed E-state index contributed by atoms with van der Waals surface area (Å²) < 4.78 is 24.8. The van der Waals surface area contributed by atoms with E-state index in [0.717, 1.165) is 187 Å². The van der Waals surface area contributed by atoms with Gasteiger partial charge < -0.3 is 13.3 Å². The van der Waals surface area contributed by atoms with Crippen LogP contribution in [0.3, 0.4) is 0 Å². The van der Waals surface area contributed by atoms with Gasteiger partial charge in [-0.3, -0.25) is 13.7 Å². The number of hydrogen-bond acceptors (Lipinski definition) is 12. The van der Waals surface area contributed by atoms with Gasteiger partial charge in [0.15, 0.2) is 34.9 Å². The van der Waals surface area contributed by atoms with Crippen LogP contribution in [-0.4, -0.2) is 58.6 Å². The lowest BCUT2D eigenvalue weighted by molar-refractivity contribution is 0.668. The lowest BCUT2D eigenvalue weighted by Crippen LogP contribution is -2.06. The standard InChI is InChI=1S/2C39H24N4O.C37H22N4O/c1-2-11-25(12-3-1)26-13-10-14-27(23-26)37-40-38(28-21-22-36-32(24-28)31-17-6-9-20-35(31)44-36)42-39(41-37)43-33-18-7-4-15-29(33)30-16-5-8-19-34(30)43;1-2-10-25(11-3-1)26-18-20-27(21-19-26)37-40-38(28-22-23-36-32(24-28)31-14-6-9-17-35(31)44-36)42-39(41-37)43-33-15-7-4-12-29(33)30-13-5-8-16-34(30)43;1-2-10-24-21-25(18-17-23(24)9-1)35-38-36(26-19-20-34-30(22-26)29-13-5-8-16-33(29)42-34)40-37(39-35)41-31-14-6-3-11-27(31)28-12-4-7-15-32(28)41/h2*1-24H;1-22H. The van der Waals surface area contributed by atoms with Crippen molar-refractivity contribution in [2.45, 2.75) is 0 Å². The Morgan fingerprint density at radius 3 is 0.746 bits per heavy atom. The van der Waals surface area contributed by atoms with Gasteiger partial charge in [-0.2, -0.15) is 29.9 Å². The second-order valence-electron chi connectivity index (χ2n) is 32.3. The van der Waals surface area contributed by atoms with Crippen molar-refractivity contribution in [3.63, 3.8) is 0 Å². The summed E-state index contributed by atoms with van der Waals surface area (Å²) in [4.78, 5) is 45.9. The average Bonchev–Trinajstić information content (AvgIpc) is 1.59. The molecule has 27 rings (SSSR count). The highest BCUT2D eigenvalue weighted by molar-refractivity contribution is 6.13. The molecule has 9 heterocycles. The maximum absolute atomic E-state index is 6.11. The van der Waals surface area contributed by atoms with Crippen LogP contribution in [0.5, 0.6) is 0 Å². The molecule has 0 atom stereocenters. The molecule has 15 heteroatoms. The molecule has 18 aromatic carbocycles. The normalized spacial score (nSPS) is 11.7. The Morgan fingerprint density at radius 2 is 0.377 bits per heavy atom. The molecule has 0 aliphatic carbocycles. The van der Waals surface area contributed by atoms with E-state index in [1.54, 1.807) is 0 Å². The van der Waals surface area contributed by atoms with Gasteiger partial charge in [0.25, 0.3) is 0 Å². The smallest absolute Gasteiger partial charge is 0.238 e. The van der Waals surface area contributed by atoms with Crippen LogP contribution in [0.1, 0.15) is 0 Å². The molecular formula is C115H70N12O3. The maximum atomic E-state index is 6.11. The van der Waals surface area contributed by atoms with Crippen LogP contribution >= 0.6 is 0 Å². The number of para-hydroxylation sites is 9. The zero-order valence-corrected chi connectivity index (χ0v) is 69.5. The Labute approximate surface area is 742 Å². The number of hydrogen-bond donors (Lipinski definition) is 0. The van der Waals surface area contributed by atoms with Gasteiger partial charge in [-0.15, -0.1) is 0 Å². The van der Waals surface area contributed by atoms with Crippen LogP contribution in [0, 0.1) is 0 Å². The Morgan fingerprint density at radius 1 is 0.138 bits per heavy atom. The van der Waals surface area contributed by atoms with E-state index in [0.29, 0.717) is 52.8 Å². The first-order chi connectivity index (χ1) is 64.4. The van der Waals surface area contributed by atoms with Gasteiger partial charge in [-0.05, 0) is 154 Å². The van der Waals surface area contributed by atoms with Crippen LogP contribution in [0.25, 0.3) is 250 Å². The molecule has 0 fully saturated rings. The van der Waals surface area contributed by atoms with Crippen LogP contribution in [0.15, 0.2) is 438 Å². The summed E-state index contributed by atoms with van der Waals surface area (Å²) in [7, 11) is 0. The molecular weight excluding hydrogens is 1600 g/mol. The van der Waals surface area contributed by atoms with E-state index in [2.05, 4.69) is 335 Å². The third-order valence-electron chi connectivity index (χ3n) is 24.6. The van der Waals surface area contributed by atoms with Gasteiger partial charge in [0.05, 0.1) is 33.1 Å². The molecule has 0 saturated carbocycles. The maximum Gasteiger partial charge on any atom is 0.238 e. The van der Waals surface area contributed by atoms with E-state index >= 15 is 0 Å². The van der Waals surface area contributed by atoms with Gasteiger partial charge in [0, 0.05) is 98.0 Å². The quantitative estimate of drug-likeness (QED) is 0.120. The van der Waals surface area contributed by atoms with Crippen LogP contribution in [0.2, 0.25) is 0 Å². The molecule has 9 aromatic heterocycles. The van der Waals surface area contributed by atoms with Gasteiger partial charge in [-0.25, -0.2) is 15.0 Å². The highest BCUT2D eigenvalue weighted by Crippen LogP contribution is 2.42. The predicted octanol–water partition coefficient (Wildman–Crippen LogP) is 29.1. The Balaban J connectivity index is 0.000000105. The molecule has 0 saturated heterocycles. The van der Waals surface area contributed by atoms with Crippen molar-refractivity contribution in [1.82, 2.24) is 58.6 Å². The van der Waals surface area contributed by atoms with E-state index < -0.39 is 0 Å². The first kappa shape index (κ1) is 74.7. The summed E-state index contributed by atoms with van der Waals surface area (Å²) in [6.45, 7) is 0. The molecule has 0 aliphatic heterocycles. The summed E-state index contributed by atoms with van der Waals surface area (Å²) >= 11 is 0. The molecule has 0 unspecified atom stereocenters. The van der Waals surface area contributed by atoms with Crippen molar-refractivity contribution in [3.8, 4) is 108 Å². The highest BCUT2D eigenvalue weighted by Gasteiger charge is 2.25. The fourth-order valence-electron chi connectivity index (χ4n) is 18.4. The third-order valence-corrected chi connectivity index (χ3v) is 24.6. The lowest BCUT2D eigenvalue weighted by Gasteiger charge is -2.11. The zero-order chi connectivity index (χ0) is 85.7. The summed E-state index contributed by atoms with van der Waals surface area (Å²) in [5.74, 6) is 5.40. The Hall–Kier alpha value is -18.0. The molecule has 0 aliphatic rings. The van der Waals surface area contributed by atoms with Crippen LogP contribution in [-0.2, 0) is 0 Å². The fourth-order valence-corrected chi connectivity index (χ4v) is 18.4. The second kappa shape index (κ2) is 31.1. The minimum absolute atomic E-state index is 0.574. The van der Waals surface area contributed by atoms with Crippen LogP contribution in [0.4, 0.5) is 0 Å². The largest absolute Gasteiger partial charge is 0.456 e. The highest BCUT2D eigenvalue weighted by atomic mass is 16.3. The number of rotatable bonds is 11. The molecule has 0 bridgehead atoms. The van der Waals surface area contributed by atoms with Crippen molar-refractivity contribution in [3.05, 3.63) is 425 Å². The van der Waals surface area contributed by atoms with E-state index in [4.69, 9.17) is 58.1 Å².